The maximum absolute atomic E-state index is 8.68. The van der Waals surface area contributed by atoms with E-state index in [0.29, 0.717) is 0 Å². The van der Waals surface area contributed by atoms with Gasteiger partial charge >= 0.3 is 0 Å². The predicted octanol–water partition coefficient (Wildman–Crippen LogP) is 0.945. The van der Waals surface area contributed by atoms with Gasteiger partial charge in [-0.15, -0.1) is 0 Å². The Morgan fingerprint density at radius 1 is 1.62 bits per heavy atom. The van der Waals surface area contributed by atoms with Gasteiger partial charge < -0.3 is 5.11 Å². The summed E-state index contributed by atoms with van der Waals surface area (Å²) >= 11 is 2.07. The van der Waals surface area contributed by atoms with Crippen LogP contribution < -0.4 is 3.53 Å². The van der Waals surface area contributed by atoms with Crippen LogP contribution in [-0.4, -0.2) is 18.3 Å². The lowest BCUT2D eigenvalue weighted by atomic mass is 9.96. The van der Waals surface area contributed by atoms with Crippen LogP contribution in [0, 0.1) is 5.41 Å². The maximum Gasteiger partial charge on any atom is 0.0494 e. The summed E-state index contributed by atoms with van der Waals surface area (Å²) in [5.41, 5.74) is 0.0290. The molecule has 50 valence electrons. The van der Waals surface area contributed by atoms with E-state index in [1.807, 2.05) is 13.8 Å². The van der Waals surface area contributed by atoms with E-state index in [1.54, 1.807) is 0 Å². The van der Waals surface area contributed by atoms with Gasteiger partial charge in [-0.2, -0.15) is 0 Å². The van der Waals surface area contributed by atoms with Crippen LogP contribution in [0.1, 0.15) is 13.8 Å². The third kappa shape index (κ3) is 3.63. The minimum Gasteiger partial charge on any atom is -0.396 e. The minimum atomic E-state index is 0.0290. The summed E-state index contributed by atoms with van der Waals surface area (Å²) in [7, 11) is 0. The molecule has 0 saturated carbocycles. The molecule has 0 bridgehead atoms. The first-order valence-electron chi connectivity index (χ1n) is 2.57. The van der Waals surface area contributed by atoms with Crippen molar-refractivity contribution in [3.63, 3.8) is 0 Å². The van der Waals surface area contributed by atoms with Crippen LogP contribution in [0.3, 0.4) is 0 Å². The summed E-state index contributed by atoms with van der Waals surface area (Å²) in [5, 5.41) is 8.68. The fraction of sp³-hybridized carbons (Fsp3) is 1.00. The Labute approximate surface area is 64.2 Å². The van der Waals surface area contributed by atoms with Crippen LogP contribution in [0.15, 0.2) is 0 Å². The zero-order valence-corrected chi connectivity index (χ0v) is 7.40. The second kappa shape index (κ2) is 3.63. The number of halogens is 1. The molecule has 0 amide bonds. The molecule has 0 spiro atoms. The van der Waals surface area contributed by atoms with Crippen molar-refractivity contribution in [2.75, 3.05) is 13.2 Å². The molecule has 0 saturated heterocycles. The average Bonchev–Trinajstić information content (AvgIpc) is 1.67. The van der Waals surface area contributed by atoms with Gasteiger partial charge in [-0.25, -0.2) is 0 Å². The smallest absolute Gasteiger partial charge is 0.0494 e. The fourth-order valence-electron chi connectivity index (χ4n) is 0.237. The molecule has 0 unspecified atom stereocenters. The zero-order valence-electron chi connectivity index (χ0n) is 5.24. The van der Waals surface area contributed by atoms with Crippen molar-refractivity contribution in [2.45, 2.75) is 13.8 Å². The molecule has 0 aromatic heterocycles. The van der Waals surface area contributed by atoms with Crippen molar-refractivity contribution in [3.05, 3.63) is 0 Å². The van der Waals surface area contributed by atoms with Gasteiger partial charge in [0.2, 0.25) is 0 Å². The van der Waals surface area contributed by atoms with Gasteiger partial charge in [0.25, 0.3) is 0 Å². The van der Waals surface area contributed by atoms with Crippen molar-refractivity contribution in [1.82, 2.24) is 3.53 Å². The molecule has 0 aromatic rings. The molecule has 2 N–H and O–H groups in total. The zero-order chi connectivity index (χ0) is 6.62. The van der Waals surface area contributed by atoms with E-state index >= 15 is 0 Å². The van der Waals surface area contributed by atoms with Gasteiger partial charge in [0.15, 0.2) is 0 Å². The number of hydrogen-bond acceptors (Lipinski definition) is 2. The summed E-state index contributed by atoms with van der Waals surface area (Å²) in [4.78, 5) is 0. The van der Waals surface area contributed by atoms with Crippen LogP contribution in [0.2, 0.25) is 0 Å². The normalized spacial score (nSPS) is 12.0. The molecule has 3 heteroatoms. The molecule has 8 heavy (non-hydrogen) atoms. The quantitative estimate of drug-likeness (QED) is 0.557. The van der Waals surface area contributed by atoms with E-state index in [-0.39, 0.29) is 12.0 Å². The second-order valence-corrected chi connectivity index (χ2v) is 3.40. The molecular formula is C5H12INO. The molecule has 2 nitrogen and oxygen atoms in total. The SMILES string of the molecule is CC(C)(CO)CNI. The number of hydrogen-bond donors (Lipinski definition) is 2. The van der Waals surface area contributed by atoms with E-state index in [0.717, 1.165) is 6.54 Å². The van der Waals surface area contributed by atoms with Crippen molar-refractivity contribution >= 4 is 22.9 Å². The first kappa shape index (κ1) is 8.65. The van der Waals surface area contributed by atoms with E-state index in [9.17, 15) is 0 Å². The highest BCUT2D eigenvalue weighted by atomic mass is 127. The molecule has 0 aliphatic heterocycles. The van der Waals surface area contributed by atoms with E-state index < -0.39 is 0 Å². The second-order valence-electron chi connectivity index (χ2n) is 2.63. The number of nitrogens with one attached hydrogen (secondary N) is 1. The van der Waals surface area contributed by atoms with Crippen LogP contribution in [-0.2, 0) is 0 Å². The summed E-state index contributed by atoms with van der Waals surface area (Å²) in [6, 6.07) is 0. The highest BCUT2D eigenvalue weighted by molar-refractivity contribution is 14.1. The topological polar surface area (TPSA) is 32.3 Å². The molecule has 0 radical (unpaired) electrons. The molecule has 0 aromatic carbocycles. The molecule has 0 fully saturated rings. The Hall–Kier alpha value is 0.650. The monoisotopic (exact) mass is 229 g/mol. The van der Waals surface area contributed by atoms with Crippen molar-refractivity contribution < 1.29 is 5.11 Å². The Morgan fingerprint density at radius 3 is 2.25 bits per heavy atom. The van der Waals surface area contributed by atoms with Crippen LogP contribution in [0.5, 0.6) is 0 Å². The molecule has 0 aliphatic rings. The Kier molecular flexibility index (Phi) is 3.93. The van der Waals surface area contributed by atoms with Crippen LogP contribution in [0.4, 0.5) is 0 Å². The number of aliphatic hydroxyl groups is 1. The average molecular weight is 229 g/mol. The van der Waals surface area contributed by atoms with Gasteiger partial charge in [0.1, 0.15) is 0 Å². The minimum absolute atomic E-state index is 0.0290. The Morgan fingerprint density at radius 2 is 2.12 bits per heavy atom. The standard InChI is InChI=1S/C5H12INO/c1-5(2,4-8)3-7-6/h7-8H,3-4H2,1-2H3. The van der Waals surface area contributed by atoms with Crippen molar-refractivity contribution in [2.24, 2.45) is 5.41 Å². The highest BCUT2D eigenvalue weighted by Crippen LogP contribution is 2.11. The van der Waals surface area contributed by atoms with E-state index in [1.165, 1.54) is 0 Å². The molecular weight excluding hydrogens is 217 g/mol. The molecule has 0 atom stereocenters. The maximum atomic E-state index is 8.68. The Bertz CT molecular complexity index is 65.4. The largest absolute Gasteiger partial charge is 0.396 e. The first-order valence-corrected chi connectivity index (χ1v) is 3.64. The molecule has 0 heterocycles. The third-order valence-electron chi connectivity index (χ3n) is 0.973. The first-order chi connectivity index (χ1) is 3.62. The summed E-state index contributed by atoms with van der Waals surface area (Å²) in [6.45, 7) is 5.12. The van der Waals surface area contributed by atoms with Crippen molar-refractivity contribution in [1.29, 1.82) is 0 Å². The summed E-state index contributed by atoms with van der Waals surface area (Å²) in [5.74, 6) is 0. The lowest BCUT2D eigenvalue weighted by Gasteiger charge is -2.19. The molecule has 0 aliphatic carbocycles. The lowest BCUT2D eigenvalue weighted by Crippen LogP contribution is -2.27. The van der Waals surface area contributed by atoms with Crippen LogP contribution >= 0.6 is 22.9 Å². The van der Waals surface area contributed by atoms with E-state index in [4.69, 9.17) is 5.11 Å². The van der Waals surface area contributed by atoms with Gasteiger partial charge in [-0.3, -0.25) is 3.53 Å². The van der Waals surface area contributed by atoms with Gasteiger partial charge in [0.05, 0.1) is 0 Å². The number of aliphatic hydroxyl groups excluding tert-OH is 1. The van der Waals surface area contributed by atoms with Gasteiger partial charge in [-0.1, -0.05) is 13.8 Å². The van der Waals surface area contributed by atoms with Gasteiger partial charge in [-0.05, 0) is 0 Å². The molecule has 0 rings (SSSR count). The van der Waals surface area contributed by atoms with E-state index in [2.05, 4.69) is 26.4 Å². The Balaban J connectivity index is 3.37. The number of rotatable bonds is 3. The summed E-state index contributed by atoms with van der Waals surface area (Å²) < 4.78 is 2.97. The summed E-state index contributed by atoms with van der Waals surface area (Å²) in [6.07, 6.45) is 0. The van der Waals surface area contributed by atoms with Crippen LogP contribution in [0.25, 0.3) is 0 Å². The van der Waals surface area contributed by atoms with Gasteiger partial charge in [0, 0.05) is 41.4 Å². The van der Waals surface area contributed by atoms with Crippen molar-refractivity contribution in [3.8, 4) is 0 Å². The highest BCUT2D eigenvalue weighted by Gasteiger charge is 2.14. The predicted molar refractivity (Wildman–Crippen MR) is 42.9 cm³/mol. The third-order valence-corrected chi connectivity index (χ3v) is 1.35. The fourth-order valence-corrected chi connectivity index (χ4v) is 1.27. The lowest BCUT2D eigenvalue weighted by molar-refractivity contribution is 0.165.